The molecule has 0 saturated carbocycles. The topological polar surface area (TPSA) is 26.3 Å². The van der Waals surface area contributed by atoms with Gasteiger partial charge in [-0.2, -0.15) is 0 Å². The molecule has 3 heteroatoms. The van der Waals surface area contributed by atoms with Crippen molar-refractivity contribution in [3.8, 4) is 5.75 Å². The van der Waals surface area contributed by atoms with Gasteiger partial charge in [0.05, 0.1) is 5.88 Å². The Kier molecular flexibility index (Phi) is 4.15. The monoisotopic (exact) mass is 226 g/mol. The summed E-state index contributed by atoms with van der Waals surface area (Å²) >= 11 is 5.46. The first kappa shape index (κ1) is 12.1. The summed E-state index contributed by atoms with van der Waals surface area (Å²) < 4.78 is 5.59. The average molecular weight is 227 g/mol. The summed E-state index contributed by atoms with van der Waals surface area (Å²) in [4.78, 5) is 11.3. The van der Waals surface area contributed by atoms with Crippen LogP contribution in [0.2, 0.25) is 0 Å². The summed E-state index contributed by atoms with van der Waals surface area (Å²) in [5.41, 5.74) is 2.06. The maximum atomic E-state index is 11.3. The maximum Gasteiger partial charge on any atom is 0.187 e. The molecule has 0 spiro atoms. The van der Waals surface area contributed by atoms with Gasteiger partial charge in [-0.25, -0.2) is 0 Å². The van der Waals surface area contributed by atoms with Crippen LogP contribution in [0.15, 0.2) is 18.2 Å². The number of carbonyl (C=O) groups excluding carboxylic acids is 1. The SMILES string of the molecule is Cc1cccc(C)c1OC(C)C(=O)CCl. The number of carbonyl (C=O) groups is 1. The van der Waals surface area contributed by atoms with Gasteiger partial charge in [0.15, 0.2) is 11.9 Å². The minimum atomic E-state index is -0.484. The predicted octanol–water partition coefficient (Wildman–Crippen LogP) is 2.88. The van der Waals surface area contributed by atoms with E-state index in [-0.39, 0.29) is 11.7 Å². The van der Waals surface area contributed by atoms with E-state index in [1.165, 1.54) is 0 Å². The van der Waals surface area contributed by atoms with Crippen molar-refractivity contribution in [3.05, 3.63) is 29.3 Å². The number of aryl methyl sites for hydroxylation is 2. The highest BCUT2D eigenvalue weighted by Gasteiger charge is 2.15. The van der Waals surface area contributed by atoms with Crippen molar-refractivity contribution in [1.29, 1.82) is 0 Å². The lowest BCUT2D eigenvalue weighted by Crippen LogP contribution is -2.25. The molecule has 0 saturated heterocycles. The molecule has 0 aliphatic carbocycles. The molecule has 0 fully saturated rings. The number of halogens is 1. The van der Waals surface area contributed by atoms with Gasteiger partial charge in [-0.15, -0.1) is 11.6 Å². The van der Waals surface area contributed by atoms with Crippen LogP contribution in [0.4, 0.5) is 0 Å². The molecule has 0 N–H and O–H groups in total. The van der Waals surface area contributed by atoms with Crippen LogP contribution < -0.4 is 4.74 Å². The smallest absolute Gasteiger partial charge is 0.187 e. The fraction of sp³-hybridized carbons (Fsp3) is 0.417. The second-order valence-corrected chi connectivity index (χ2v) is 3.85. The van der Waals surface area contributed by atoms with Crippen LogP contribution in [-0.2, 0) is 4.79 Å². The number of Topliss-reactive ketones (excluding diaryl/α,β-unsaturated/α-hetero) is 1. The van der Waals surface area contributed by atoms with Crippen molar-refractivity contribution < 1.29 is 9.53 Å². The summed E-state index contributed by atoms with van der Waals surface area (Å²) in [6, 6.07) is 5.88. The lowest BCUT2D eigenvalue weighted by atomic mass is 10.1. The Morgan fingerprint density at radius 1 is 1.40 bits per heavy atom. The van der Waals surface area contributed by atoms with Crippen molar-refractivity contribution in [2.24, 2.45) is 0 Å². The Balaban J connectivity index is 2.85. The van der Waals surface area contributed by atoms with Gasteiger partial charge >= 0.3 is 0 Å². The Bertz CT molecular complexity index is 340. The number of hydrogen-bond acceptors (Lipinski definition) is 2. The molecule has 0 radical (unpaired) electrons. The molecule has 1 unspecified atom stereocenters. The van der Waals surface area contributed by atoms with E-state index in [1.807, 2.05) is 32.0 Å². The first-order chi connectivity index (χ1) is 7.06. The second kappa shape index (κ2) is 5.17. The first-order valence-electron chi connectivity index (χ1n) is 4.87. The summed E-state index contributed by atoms with van der Waals surface area (Å²) in [7, 11) is 0. The quantitative estimate of drug-likeness (QED) is 0.738. The maximum absolute atomic E-state index is 11.3. The highest BCUT2D eigenvalue weighted by molar-refractivity contribution is 6.28. The molecule has 0 heterocycles. The molecule has 1 atom stereocenters. The van der Waals surface area contributed by atoms with Gasteiger partial charge in [0.25, 0.3) is 0 Å². The van der Waals surface area contributed by atoms with Crippen molar-refractivity contribution in [2.75, 3.05) is 5.88 Å². The van der Waals surface area contributed by atoms with E-state index in [0.29, 0.717) is 0 Å². The van der Waals surface area contributed by atoms with E-state index >= 15 is 0 Å². The molecule has 15 heavy (non-hydrogen) atoms. The van der Waals surface area contributed by atoms with Crippen molar-refractivity contribution >= 4 is 17.4 Å². The van der Waals surface area contributed by atoms with Gasteiger partial charge in [-0.05, 0) is 31.9 Å². The number of benzene rings is 1. The van der Waals surface area contributed by atoms with Crippen LogP contribution >= 0.6 is 11.6 Å². The van der Waals surface area contributed by atoms with Crippen molar-refractivity contribution in [1.82, 2.24) is 0 Å². The van der Waals surface area contributed by atoms with E-state index < -0.39 is 6.10 Å². The average Bonchev–Trinajstić information content (AvgIpc) is 2.22. The van der Waals surface area contributed by atoms with E-state index in [1.54, 1.807) is 6.92 Å². The molecule has 82 valence electrons. The predicted molar refractivity (Wildman–Crippen MR) is 61.7 cm³/mol. The van der Waals surface area contributed by atoms with Crippen LogP contribution in [-0.4, -0.2) is 17.8 Å². The third-order valence-electron chi connectivity index (χ3n) is 2.29. The largest absolute Gasteiger partial charge is 0.482 e. The number of para-hydroxylation sites is 1. The van der Waals surface area contributed by atoms with Crippen LogP contribution in [0.5, 0.6) is 5.75 Å². The summed E-state index contributed by atoms with van der Waals surface area (Å²) in [5.74, 6) is 0.675. The molecule has 0 aliphatic rings. The Morgan fingerprint density at radius 2 is 1.93 bits per heavy atom. The Morgan fingerprint density at radius 3 is 2.40 bits per heavy atom. The molecule has 1 rings (SSSR count). The molecule has 0 amide bonds. The van der Waals surface area contributed by atoms with Gasteiger partial charge in [0, 0.05) is 0 Å². The highest BCUT2D eigenvalue weighted by Crippen LogP contribution is 2.23. The van der Waals surface area contributed by atoms with Crippen LogP contribution in [0.1, 0.15) is 18.1 Å². The molecule has 0 bridgehead atoms. The van der Waals surface area contributed by atoms with E-state index in [0.717, 1.165) is 16.9 Å². The fourth-order valence-corrected chi connectivity index (χ4v) is 1.55. The normalized spacial score (nSPS) is 12.3. The molecule has 1 aromatic carbocycles. The standard InChI is InChI=1S/C12H15ClO2/c1-8-5-4-6-9(2)12(8)15-10(3)11(14)7-13/h4-6,10H,7H2,1-3H3. The third kappa shape index (κ3) is 2.96. The molecular weight excluding hydrogens is 212 g/mol. The summed E-state index contributed by atoms with van der Waals surface area (Å²) in [6.07, 6.45) is -0.484. The molecule has 0 aromatic heterocycles. The van der Waals surface area contributed by atoms with Crippen LogP contribution in [0.3, 0.4) is 0 Å². The van der Waals surface area contributed by atoms with E-state index in [2.05, 4.69) is 0 Å². The molecule has 2 nitrogen and oxygen atoms in total. The number of hydrogen-bond donors (Lipinski definition) is 0. The first-order valence-corrected chi connectivity index (χ1v) is 5.41. The number of ether oxygens (including phenoxy) is 1. The van der Waals surface area contributed by atoms with Crippen LogP contribution in [0, 0.1) is 13.8 Å². The van der Waals surface area contributed by atoms with Gasteiger partial charge in [-0.1, -0.05) is 18.2 Å². The zero-order chi connectivity index (χ0) is 11.4. The number of rotatable bonds is 4. The van der Waals surface area contributed by atoms with Crippen LogP contribution in [0.25, 0.3) is 0 Å². The molecule has 0 aliphatic heterocycles. The lowest BCUT2D eigenvalue weighted by Gasteiger charge is -2.16. The van der Waals surface area contributed by atoms with Gasteiger partial charge in [0.2, 0.25) is 0 Å². The highest BCUT2D eigenvalue weighted by atomic mass is 35.5. The molecule has 1 aromatic rings. The number of alkyl halides is 1. The zero-order valence-electron chi connectivity index (χ0n) is 9.21. The van der Waals surface area contributed by atoms with Gasteiger partial charge in [-0.3, -0.25) is 4.79 Å². The summed E-state index contributed by atoms with van der Waals surface area (Å²) in [5, 5.41) is 0. The zero-order valence-corrected chi connectivity index (χ0v) is 9.97. The minimum absolute atomic E-state index is 0.00784. The van der Waals surface area contributed by atoms with Crippen molar-refractivity contribution in [3.63, 3.8) is 0 Å². The second-order valence-electron chi connectivity index (χ2n) is 3.58. The Labute approximate surface area is 95.2 Å². The van der Waals surface area contributed by atoms with E-state index in [4.69, 9.17) is 16.3 Å². The molecular formula is C12H15ClO2. The third-order valence-corrected chi connectivity index (χ3v) is 2.55. The fourth-order valence-electron chi connectivity index (χ4n) is 1.34. The number of ketones is 1. The van der Waals surface area contributed by atoms with Gasteiger partial charge in [0.1, 0.15) is 5.75 Å². The minimum Gasteiger partial charge on any atom is -0.482 e. The Hall–Kier alpha value is -1.02. The van der Waals surface area contributed by atoms with Gasteiger partial charge < -0.3 is 4.74 Å². The lowest BCUT2D eigenvalue weighted by molar-refractivity contribution is -0.122. The summed E-state index contributed by atoms with van der Waals surface area (Å²) in [6.45, 7) is 5.64. The van der Waals surface area contributed by atoms with E-state index in [9.17, 15) is 4.79 Å². The van der Waals surface area contributed by atoms with Crippen molar-refractivity contribution in [2.45, 2.75) is 26.9 Å².